The highest BCUT2D eigenvalue weighted by molar-refractivity contribution is 5.95. The number of hydrogen-bond donors (Lipinski definition) is 1. The minimum Gasteiger partial charge on any atom is -0.466 e. The molecule has 106 valence electrons. The number of aryl methyl sites for hydroxylation is 1. The van der Waals surface area contributed by atoms with E-state index >= 15 is 0 Å². The summed E-state index contributed by atoms with van der Waals surface area (Å²) in [6, 6.07) is 6.95. The summed E-state index contributed by atoms with van der Waals surface area (Å²) in [5, 5.41) is 2.85. The minimum atomic E-state index is -0.479. The normalized spacial score (nSPS) is 18.9. The van der Waals surface area contributed by atoms with Crippen molar-refractivity contribution in [1.82, 2.24) is 10.2 Å². The van der Waals surface area contributed by atoms with Gasteiger partial charge in [-0.15, -0.1) is 0 Å². The third kappa shape index (κ3) is 2.27. The van der Waals surface area contributed by atoms with E-state index in [1.165, 1.54) is 12.0 Å². The zero-order valence-electron chi connectivity index (χ0n) is 12.1. The SMILES string of the molecule is COC(=O)C1=C(C)N(C)C(=O)N[C@@H]1c1ccccc1C. The third-order valence-electron chi connectivity index (χ3n) is 3.66. The van der Waals surface area contributed by atoms with Crippen molar-refractivity contribution in [2.75, 3.05) is 14.2 Å². The molecule has 0 unspecified atom stereocenters. The van der Waals surface area contributed by atoms with Crippen LogP contribution >= 0.6 is 0 Å². The van der Waals surface area contributed by atoms with E-state index in [-0.39, 0.29) is 6.03 Å². The lowest BCUT2D eigenvalue weighted by atomic mass is 9.92. The zero-order chi connectivity index (χ0) is 14.9. The number of ether oxygens (including phenoxy) is 1. The molecule has 1 aromatic carbocycles. The van der Waals surface area contributed by atoms with Gasteiger partial charge >= 0.3 is 12.0 Å². The Labute approximate surface area is 118 Å². The highest BCUT2D eigenvalue weighted by atomic mass is 16.5. The van der Waals surface area contributed by atoms with Crippen LogP contribution in [0.25, 0.3) is 0 Å². The molecule has 0 saturated carbocycles. The van der Waals surface area contributed by atoms with E-state index < -0.39 is 12.0 Å². The largest absolute Gasteiger partial charge is 0.466 e. The van der Waals surface area contributed by atoms with Gasteiger partial charge in [-0.05, 0) is 25.0 Å². The number of rotatable bonds is 2. The van der Waals surface area contributed by atoms with E-state index in [2.05, 4.69) is 5.32 Å². The number of esters is 1. The summed E-state index contributed by atoms with van der Waals surface area (Å²) in [6.45, 7) is 3.69. The quantitative estimate of drug-likeness (QED) is 0.841. The fourth-order valence-corrected chi connectivity index (χ4v) is 2.35. The number of allylic oxidation sites excluding steroid dienone is 1. The van der Waals surface area contributed by atoms with Crippen molar-refractivity contribution < 1.29 is 14.3 Å². The number of carbonyl (C=O) groups excluding carboxylic acids is 2. The summed E-state index contributed by atoms with van der Waals surface area (Å²) in [4.78, 5) is 25.5. The number of nitrogens with zero attached hydrogens (tertiary/aromatic N) is 1. The number of methoxy groups -OCH3 is 1. The molecule has 1 aliphatic rings. The molecule has 0 bridgehead atoms. The highest BCUT2D eigenvalue weighted by Gasteiger charge is 2.35. The molecule has 1 atom stereocenters. The number of amides is 2. The Bertz CT molecular complexity index is 593. The average molecular weight is 274 g/mol. The first-order chi connectivity index (χ1) is 9.47. The van der Waals surface area contributed by atoms with Crippen LogP contribution < -0.4 is 5.32 Å². The fraction of sp³-hybridized carbons (Fsp3) is 0.333. The maximum absolute atomic E-state index is 12.1. The predicted octanol–water partition coefficient (Wildman–Crippen LogP) is 2.14. The van der Waals surface area contributed by atoms with Crippen LogP contribution in [0, 0.1) is 6.92 Å². The number of carbonyl (C=O) groups is 2. The Hall–Kier alpha value is -2.30. The molecular weight excluding hydrogens is 256 g/mol. The summed E-state index contributed by atoms with van der Waals surface area (Å²) >= 11 is 0. The number of urea groups is 1. The molecule has 2 amide bonds. The summed E-state index contributed by atoms with van der Waals surface area (Å²) in [6.07, 6.45) is 0. The molecule has 0 saturated heterocycles. The van der Waals surface area contributed by atoms with Crippen molar-refractivity contribution >= 4 is 12.0 Å². The molecule has 2 rings (SSSR count). The molecule has 20 heavy (non-hydrogen) atoms. The lowest BCUT2D eigenvalue weighted by Gasteiger charge is -2.33. The Morgan fingerprint density at radius 2 is 1.95 bits per heavy atom. The zero-order valence-corrected chi connectivity index (χ0v) is 12.1. The smallest absolute Gasteiger partial charge is 0.337 e. The van der Waals surface area contributed by atoms with Crippen LogP contribution in [-0.4, -0.2) is 31.1 Å². The van der Waals surface area contributed by atoms with Gasteiger partial charge in [0.15, 0.2) is 0 Å². The van der Waals surface area contributed by atoms with Crippen molar-refractivity contribution in [1.29, 1.82) is 0 Å². The van der Waals surface area contributed by atoms with E-state index in [4.69, 9.17) is 4.74 Å². The van der Waals surface area contributed by atoms with Gasteiger partial charge in [0.2, 0.25) is 0 Å². The molecule has 5 heteroatoms. The van der Waals surface area contributed by atoms with E-state index in [1.807, 2.05) is 31.2 Å². The first-order valence-corrected chi connectivity index (χ1v) is 6.36. The molecule has 1 N–H and O–H groups in total. The lowest BCUT2D eigenvalue weighted by Crippen LogP contribution is -2.46. The first kappa shape index (κ1) is 14.1. The van der Waals surface area contributed by atoms with Crippen LogP contribution in [0.2, 0.25) is 0 Å². The van der Waals surface area contributed by atoms with Gasteiger partial charge in [-0.3, -0.25) is 0 Å². The monoisotopic (exact) mass is 274 g/mol. The fourth-order valence-electron chi connectivity index (χ4n) is 2.35. The molecule has 0 spiro atoms. The second kappa shape index (κ2) is 5.36. The van der Waals surface area contributed by atoms with Gasteiger partial charge < -0.3 is 15.0 Å². The van der Waals surface area contributed by atoms with E-state index in [0.29, 0.717) is 11.3 Å². The van der Waals surface area contributed by atoms with Gasteiger partial charge in [-0.2, -0.15) is 0 Å². The van der Waals surface area contributed by atoms with Crippen LogP contribution in [0.1, 0.15) is 24.1 Å². The second-order valence-electron chi connectivity index (χ2n) is 4.79. The molecule has 5 nitrogen and oxygen atoms in total. The minimum absolute atomic E-state index is 0.233. The van der Waals surface area contributed by atoms with Crippen LogP contribution in [0.5, 0.6) is 0 Å². The van der Waals surface area contributed by atoms with Gasteiger partial charge in [-0.1, -0.05) is 24.3 Å². The molecular formula is C15H18N2O3. The van der Waals surface area contributed by atoms with Gasteiger partial charge in [0.1, 0.15) is 0 Å². The third-order valence-corrected chi connectivity index (χ3v) is 3.66. The number of hydrogen-bond acceptors (Lipinski definition) is 3. The lowest BCUT2D eigenvalue weighted by molar-refractivity contribution is -0.136. The Kier molecular flexibility index (Phi) is 3.79. The molecule has 1 aliphatic heterocycles. The molecule has 1 heterocycles. The van der Waals surface area contributed by atoms with Gasteiger partial charge in [-0.25, -0.2) is 9.59 Å². The Morgan fingerprint density at radius 1 is 1.30 bits per heavy atom. The van der Waals surface area contributed by atoms with Crippen molar-refractivity contribution in [3.05, 3.63) is 46.7 Å². The van der Waals surface area contributed by atoms with E-state index in [9.17, 15) is 9.59 Å². The maximum atomic E-state index is 12.1. The average Bonchev–Trinajstić information content (AvgIpc) is 2.44. The number of nitrogens with one attached hydrogen (secondary N) is 1. The first-order valence-electron chi connectivity index (χ1n) is 6.36. The molecule has 0 aromatic heterocycles. The highest BCUT2D eigenvalue weighted by Crippen LogP contribution is 2.31. The van der Waals surface area contributed by atoms with E-state index in [0.717, 1.165) is 11.1 Å². The van der Waals surface area contributed by atoms with Crippen LogP contribution in [0.4, 0.5) is 4.79 Å². The topological polar surface area (TPSA) is 58.6 Å². The summed E-state index contributed by atoms with van der Waals surface area (Å²) < 4.78 is 4.86. The van der Waals surface area contributed by atoms with Gasteiger partial charge in [0, 0.05) is 12.7 Å². The van der Waals surface area contributed by atoms with Crippen molar-refractivity contribution in [2.45, 2.75) is 19.9 Å². The predicted molar refractivity (Wildman–Crippen MR) is 74.9 cm³/mol. The van der Waals surface area contributed by atoms with Crippen LogP contribution in [0.3, 0.4) is 0 Å². The van der Waals surface area contributed by atoms with Crippen molar-refractivity contribution in [2.24, 2.45) is 0 Å². The summed E-state index contributed by atoms with van der Waals surface area (Å²) in [7, 11) is 2.97. The molecule has 0 aliphatic carbocycles. The van der Waals surface area contributed by atoms with E-state index in [1.54, 1.807) is 14.0 Å². The standard InChI is InChI=1S/C15H18N2O3/c1-9-7-5-6-8-11(9)13-12(14(18)20-4)10(2)17(3)15(19)16-13/h5-8,13H,1-4H3,(H,16,19)/t13-/m1/s1. The number of benzene rings is 1. The van der Waals surface area contributed by atoms with Gasteiger partial charge in [0.25, 0.3) is 0 Å². The van der Waals surface area contributed by atoms with Crippen molar-refractivity contribution in [3.63, 3.8) is 0 Å². The van der Waals surface area contributed by atoms with Crippen molar-refractivity contribution in [3.8, 4) is 0 Å². The molecule has 1 aromatic rings. The second-order valence-corrected chi connectivity index (χ2v) is 4.79. The van der Waals surface area contributed by atoms with Gasteiger partial charge in [0.05, 0.1) is 18.7 Å². The summed E-state index contributed by atoms with van der Waals surface area (Å²) in [5.74, 6) is -0.428. The molecule has 0 fully saturated rings. The molecule has 0 radical (unpaired) electrons. The Morgan fingerprint density at radius 3 is 2.55 bits per heavy atom. The van der Waals surface area contributed by atoms with Crippen LogP contribution in [-0.2, 0) is 9.53 Å². The maximum Gasteiger partial charge on any atom is 0.337 e. The Balaban J connectivity index is 2.58. The summed E-state index contributed by atoms with van der Waals surface area (Å²) in [5.41, 5.74) is 2.98. The van der Waals surface area contributed by atoms with Crippen LogP contribution in [0.15, 0.2) is 35.5 Å².